The van der Waals surface area contributed by atoms with E-state index in [2.05, 4.69) is 5.32 Å². The molecule has 1 aliphatic heterocycles. The SMILES string of the molecule is C[C@@H]1CN(C(=O)OC(C)(C)C)CCN1C(=O)Nc1ccc(C(=O)O)cc1. The Balaban J connectivity index is 1.93. The first kappa shape index (κ1) is 19.6. The number of rotatable bonds is 2. The quantitative estimate of drug-likeness (QED) is 0.842. The van der Waals surface area contributed by atoms with Crippen LogP contribution in [-0.2, 0) is 4.74 Å². The van der Waals surface area contributed by atoms with E-state index in [1.54, 1.807) is 21.9 Å². The fraction of sp³-hybridized carbons (Fsp3) is 0.500. The molecule has 26 heavy (non-hydrogen) atoms. The molecule has 1 aromatic carbocycles. The Hall–Kier alpha value is -2.77. The van der Waals surface area contributed by atoms with Crippen LogP contribution in [-0.4, -0.2) is 64.3 Å². The normalized spacial score (nSPS) is 17.6. The lowest BCUT2D eigenvalue weighted by molar-refractivity contribution is 0.0112. The molecule has 2 N–H and O–H groups in total. The summed E-state index contributed by atoms with van der Waals surface area (Å²) in [5.41, 5.74) is 0.112. The van der Waals surface area contributed by atoms with Gasteiger partial charge in [0.05, 0.1) is 5.56 Å². The van der Waals surface area contributed by atoms with Crippen LogP contribution in [0, 0.1) is 0 Å². The van der Waals surface area contributed by atoms with Crippen molar-refractivity contribution in [3.05, 3.63) is 29.8 Å². The molecule has 1 saturated heterocycles. The minimum absolute atomic E-state index is 0.155. The molecule has 1 atom stereocenters. The number of carbonyl (C=O) groups is 3. The lowest BCUT2D eigenvalue weighted by atomic mass is 10.2. The Morgan fingerprint density at radius 2 is 1.77 bits per heavy atom. The number of carboxylic acids is 1. The first-order chi connectivity index (χ1) is 12.1. The molecule has 3 amide bonds. The molecule has 0 saturated carbocycles. The minimum Gasteiger partial charge on any atom is -0.478 e. The van der Waals surface area contributed by atoms with E-state index in [0.29, 0.717) is 25.3 Å². The van der Waals surface area contributed by atoms with Gasteiger partial charge in [-0.3, -0.25) is 0 Å². The number of nitrogens with one attached hydrogen (secondary N) is 1. The topological polar surface area (TPSA) is 99.2 Å². The number of benzene rings is 1. The standard InChI is InChI=1S/C18H25N3O5/c1-12-11-20(17(25)26-18(2,3)4)9-10-21(12)16(24)19-14-7-5-13(6-8-14)15(22)23/h5-8,12H,9-11H2,1-4H3,(H,19,24)(H,22,23)/t12-/m1/s1. The van der Waals surface area contributed by atoms with Gasteiger partial charge in [0.15, 0.2) is 0 Å². The first-order valence-electron chi connectivity index (χ1n) is 8.46. The van der Waals surface area contributed by atoms with Crippen molar-refractivity contribution in [3.63, 3.8) is 0 Å². The zero-order valence-corrected chi connectivity index (χ0v) is 15.5. The van der Waals surface area contributed by atoms with Gasteiger partial charge in [0.25, 0.3) is 0 Å². The number of anilines is 1. The maximum absolute atomic E-state index is 12.5. The van der Waals surface area contributed by atoms with E-state index in [9.17, 15) is 14.4 Å². The number of hydrogen-bond donors (Lipinski definition) is 2. The van der Waals surface area contributed by atoms with Gasteiger partial charge in [-0.05, 0) is 52.0 Å². The van der Waals surface area contributed by atoms with E-state index in [1.165, 1.54) is 12.1 Å². The third-order valence-electron chi connectivity index (χ3n) is 3.92. The van der Waals surface area contributed by atoms with Crippen LogP contribution in [0.15, 0.2) is 24.3 Å². The van der Waals surface area contributed by atoms with Crippen molar-refractivity contribution in [2.45, 2.75) is 39.3 Å². The predicted octanol–water partition coefficient (Wildman–Crippen LogP) is 2.86. The van der Waals surface area contributed by atoms with Crippen molar-refractivity contribution in [1.82, 2.24) is 9.80 Å². The maximum atomic E-state index is 12.5. The largest absolute Gasteiger partial charge is 0.478 e. The number of urea groups is 1. The summed E-state index contributed by atoms with van der Waals surface area (Å²) >= 11 is 0. The second kappa shape index (κ2) is 7.63. The fourth-order valence-electron chi connectivity index (χ4n) is 2.64. The number of piperazine rings is 1. The molecular formula is C18H25N3O5. The molecule has 1 aliphatic rings. The van der Waals surface area contributed by atoms with Gasteiger partial charge in [-0.25, -0.2) is 14.4 Å². The van der Waals surface area contributed by atoms with Gasteiger partial charge >= 0.3 is 18.1 Å². The summed E-state index contributed by atoms with van der Waals surface area (Å²) in [5.74, 6) is -1.02. The van der Waals surface area contributed by atoms with Gasteiger partial charge in [-0.1, -0.05) is 0 Å². The van der Waals surface area contributed by atoms with Gasteiger partial charge in [-0.2, -0.15) is 0 Å². The second-order valence-corrected chi connectivity index (χ2v) is 7.28. The summed E-state index contributed by atoms with van der Waals surface area (Å²) in [6.07, 6.45) is -0.381. The summed E-state index contributed by atoms with van der Waals surface area (Å²) in [6, 6.07) is 5.49. The molecule has 1 aromatic rings. The summed E-state index contributed by atoms with van der Waals surface area (Å²) in [7, 11) is 0. The summed E-state index contributed by atoms with van der Waals surface area (Å²) < 4.78 is 5.37. The molecule has 0 aromatic heterocycles. The molecule has 0 aliphatic carbocycles. The van der Waals surface area contributed by atoms with Crippen LogP contribution in [0.25, 0.3) is 0 Å². The molecule has 0 radical (unpaired) electrons. The molecule has 8 nitrogen and oxygen atoms in total. The molecule has 0 bridgehead atoms. The average Bonchev–Trinajstić information content (AvgIpc) is 2.53. The third-order valence-corrected chi connectivity index (χ3v) is 3.92. The zero-order valence-electron chi connectivity index (χ0n) is 15.5. The van der Waals surface area contributed by atoms with Crippen molar-refractivity contribution in [3.8, 4) is 0 Å². The van der Waals surface area contributed by atoms with Crippen molar-refractivity contribution in [1.29, 1.82) is 0 Å². The van der Waals surface area contributed by atoms with Gasteiger partial charge in [0.1, 0.15) is 5.60 Å². The number of ether oxygens (including phenoxy) is 1. The van der Waals surface area contributed by atoms with E-state index in [4.69, 9.17) is 9.84 Å². The molecule has 1 fully saturated rings. The molecule has 8 heteroatoms. The number of carboxylic acid groups (broad SMARTS) is 1. The first-order valence-corrected chi connectivity index (χ1v) is 8.46. The highest BCUT2D eigenvalue weighted by atomic mass is 16.6. The molecule has 142 valence electrons. The number of hydrogen-bond acceptors (Lipinski definition) is 4. The van der Waals surface area contributed by atoms with Gasteiger partial charge < -0.3 is 25.0 Å². The van der Waals surface area contributed by atoms with Crippen LogP contribution in [0.3, 0.4) is 0 Å². The lowest BCUT2D eigenvalue weighted by Crippen LogP contribution is -2.57. The van der Waals surface area contributed by atoms with E-state index in [1.807, 2.05) is 27.7 Å². The van der Waals surface area contributed by atoms with E-state index in [-0.39, 0.29) is 23.7 Å². The Morgan fingerprint density at radius 3 is 2.27 bits per heavy atom. The number of nitrogens with zero attached hydrogens (tertiary/aromatic N) is 2. The van der Waals surface area contributed by atoms with Crippen LogP contribution in [0.5, 0.6) is 0 Å². The van der Waals surface area contributed by atoms with Crippen LogP contribution in [0.2, 0.25) is 0 Å². The molecule has 1 heterocycles. The van der Waals surface area contributed by atoms with E-state index >= 15 is 0 Å². The number of aromatic carboxylic acids is 1. The van der Waals surface area contributed by atoms with Crippen molar-refractivity contribution in [2.24, 2.45) is 0 Å². The van der Waals surface area contributed by atoms with Crippen LogP contribution >= 0.6 is 0 Å². The highest BCUT2D eigenvalue weighted by molar-refractivity contribution is 5.91. The highest BCUT2D eigenvalue weighted by Gasteiger charge is 2.32. The van der Waals surface area contributed by atoms with Crippen LogP contribution < -0.4 is 5.32 Å². The molecular weight excluding hydrogens is 338 g/mol. The molecule has 2 rings (SSSR count). The number of amides is 3. The summed E-state index contributed by atoms with van der Waals surface area (Å²) in [6.45, 7) is 8.48. The summed E-state index contributed by atoms with van der Waals surface area (Å²) in [5, 5.41) is 11.6. The Labute approximate surface area is 152 Å². The highest BCUT2D eigenvalue weighted by Crippen LogP contribution is 2.17. The second-order valence-electron chi connectivity index (χ2n) is 7.28. The van der Waals surface area contributed by atoms with Crippen LogP contribution in [0.1, 0.15) is 38.1 Å². The number of carbonyl (C=O) groups excluding carboxylic acids is 2. The smallest absolute Gasteiger partial charge is 0.410 e. The van der Waals surface area contributed by atoms with Crippen LogP contribution in [0.4, 0.5) is 15.3 Å². The monoisotopic (exact) mass is 363 g/mol. The van der Waals surface area contributed by atoms with Crippen molar-refractivity contribution >= 4 is 23.8 Å². The van der Waals surface area contributed by atoms with Gasteiger partial charge in [0, 0.05) is 31.4 Å². The summed E-state index contributed by atoms with van der Waals surface area (Å²) in [4.78, 5) is 38.7. The Morgan fingerprint density at radius 1 is 1.15 bits per heavy atom. The Bertz CT molecular complexity index is 681. The maximum Gasteiger partial charge on any atom is 0.410 e. The average molecular weight is 363 g/mol. The Kier molecular flexibility index (Phi) is 5.74. The fourth-order valence-corrected chi connectivity index (χ4v) is 2.64. The predicted molar refractivity (Wildman–Crippen MR) is 96.4 cm³/mol. The zero-order chi connectivity index (χ0) is 19.5. The van der Waals surface area contributed by atoms with Gasteiger partial charge in [-0.15, -0.1) is 0 Å². The van der Waals surface area contributed by atoms with Crippen molar-refractivity contribution < 1.29 is 24.2 Å². The van der Waals surface area contributed by atoms with Crippen molar-refractivity contribution in [2.75, 3.05) is 25.0 Å². The molecule has 0 unspecified atom stereocenters. The van der Waals surface area contributed by atoms with Gasteiger partial charge in [0.2, 0.25) is 0 Å². The minimum atomic E-state index is -1.02. The molecule has 0 spiro atoms. The van der Waals surface area contributed by atoms with E-state index < -0.39 is 11.6 Å². The van der Waals surface area contributed by atoms with E-state index in [0.717, 1.165) is 0 Å². The lowest BCUT2D eigenvalue weighted by Gasteiger charge is -2.40. The third kappa shape index (κ3) is 5.11.